The summed E-state index contributed by atoms with van der Waals surface area (Å²) in [5.41, 5.74) is 8.55. The Labute approximate surface area is 171 Å². The second-order valence-electron chi connectivity index (χ2n) is 7.69. The summed E-state index contributed by atoms with van der Waals surface area (Å²) in [4.78, 5) is 17.4. The number of carbonyl (C=O) groups excluding carboxylic acids is 1. The van der Waals surface area contributed by atoms with Gasteiger partial charge in [-0.15, -0.1) is 0 Å². The number of aryl methyl sites for hydroxylation is 1. The van der Waals surface area contributed by atoms with Gasteiger partial charge < -0.3 is 15.8 Å². The Bertz CT molecular complexity index is 919. The predicted octanol–water partition coefficient (Wildman–Crippen LogP) is 3.36. The molecule has 0 aliphatic heterocycles. The van der Waals surface area contributed by atoms with Gasteiger partial charge in [0.15, 0.2) is 0 Å². The molecule has 0 radical (unpaired) electrons. The summed E-state index contributed by atoms with van der Waals surface area (Å²) in [7, 11) is 1.51. The number of benzene rings is 1. The molecule has 1 heterocycles. The molecule has 0 spiro atoms. The standard InChI is InChI=1S/C22H28N4O3/c1-14-7-9-17(10-8-14)24-13-16-11-19(21(29-3)12-18(16)23)25-22(27)20-6-4-5-15(2)26(20)28/h4-6,11-14,17,23,27-28H,7-10H2,1-3H3/p+1. The number of nitrogen functional groups attached to an aromatic ring is 1. The van der Waals surface area contributed by atoms with Crippen LogP contribution in [0.5, 0.6) is 5.75 Å². The van der Waals surface area contributed by atoms with E-state index in [1.54, 1.807) is 43.5 Å². The summed E-state index contributed by atoms with van der Waals surface area (Å²) in [5.74, 6) is 0.755. The number of nitrogens with zero attached hydrogens (tertiary/aromatic N) is 2. The minimum atomic E-state index is -0.455. The molecule has 1 saturated carbocycles. The number of hydrogen-bond donors (Lipinski definition) is 3. The molecule has 7 nitrogen and oxygen atoms in total. The molecule has 2 aromatic rings. The number of ether oxygens (including phenoxy) is 1. The van der Waals surface area contributed by atoms with Crippen LogP contribution in [0.25, 0.3) is 0 Å². The highest BCUT2D eigenvalue weighted by Gasteiger charge is 2.23. The Morgan fingerprint density at radius 1 is 1.31 bits per heavy atom. The van der Waals surface area contributed by atoms with Crippen LogP contribution in [0.3, 0.4) is 0 Å². The second kappa shape index (κ2) is 8.94. The number of carbonyl (C=O) groups is 1. The van der Waals surface area contributed by atoms with Gasteiger partial charge in [0.1, 0.15) is 5.75 Å². The van der Waals surface area contributed by atoms with E-state index in [0.717, 1.165) is 29.1 Å². The van der Waals surface area contributed by atoms with Crippen LogP contribution in [-0.2, 0) is 0 Å². The molecule has 1 aromatic heterocycles. The maximum absolute atomic E-state index is 12.7. The number of aliphatic imine (C=N–C) groups is 1. The first-order valence-corrected chi connectivity index (χ1v) is 9.92. The van der Waals surface area contributed by atoms with E-state index in [2.05, 4.69) is 12.2 Å². The van der Waals surface area contributed by atoms with Crippen LogP contribution in [-0.4, -0.2) is 30.5 Å². The van der Waals surface area contributed by atoms with Gasteiger partial charge in [0, 0.05) is 53.4 Å². The Balaban J connectivity index is 1.83. The number of nitrogens with one attached hydrogen (secondary N) is 1. The minimum Gasteiger partial charge on any atom is -0.494 e. The lowest BCUT2D eigenvalue weighted by atomic mass is 9.88. The second-order valence-corrected chi connectivity index (χ2v) is 7.69. The van der Waals surface area contributed by atoms with Gasteiger partial charge >= 0.3 is 11.6 Å². The smallest absolute Gasteiger partial charge is 0.325 e. The molecule has 0 bridgehead atoms. The van der Waals surface area contributed by atoms with Crippen LogP contribution in [0, 0.1) is 12.8 Å². The number of rotatable bonds is 5. The monoisotopic (exact) mass is 397 g/mol. The zero-order valence-corrected chi connectivity index (χ0v) is 17.2. The molecule has 154 valence electrons. The molecule has 1 amide bonds. The molecule has 4 N–H and O–H groups in total. The first-order chi connectivity index (χ1) is 13.9. The summed E-state index contributed by atoms with van der Waals surface area (Å²) in [6.07, 6.45) is 6.34. The van der Waals surface area contributed by atoms with Crippen LogP contribution < -0.4 is 20.5 Å². The average molecular weight is 397 g/mol. The van der Waals surface area contributed by atoms with E-state index in [1.165, 1.54) is 20.0 Å². The zero-order chi connectivity index (χ0) is 21.0. The number of anilines is 2. The van der Waals surface area contributed by atoms with Gasteiger partial charge in [-0.3, -0.25) is 15.0 Å². The first-order valence-electron chi connectivity index (χ1n) is 9.92. The molecule has 0 atom stereocenters. The third-order valence-corrected chi connectivity index (χ3v) is 5.45. The van der Waals surface area contributed by atoms with Gasteiger partial charge in [-0.2, -0.15) is 0 Å². The molecule has 0 saturated heterocycles. The fraction of sp³-hybridized carbons (Fsp3) is 0.409. The molecule has 7 heteroatoms. The minimum absolute atomic E-state index is 0.121. The zero-order valence-electron chi connectivity index (χ0n) is 17.2. The molecular formula is C22H29N4O3+. The van der Waals surface area contributed by atoms with Crippen molar-refractivity contribution in [2.75, 3.05) is 18.2 Å². The van der Waals surface area contributed by atoms with Crippen molar-refractivity contribution in [3.63, 3.8) is 0 Å². The van der Waals surface area contributed by atoms with E-state index in [4.69, 9.17) is 15.5 Å². The van der Waals surface area contributed by atoms with Crippen LogP contribution in [0.2, 0.25) is 0 Å². The molecule has 1 aromatic carbocycles. The molecule has 0 unspecified atom stereocenters. The topological polar surface area (TPSA) is 101 Å². The number of nitrogens with two attached hydrogens (primary N) is 1. The van der Waals surface area contributed by atoms with Crippen molar-refractivity contribution < 1.29 is 19.5 Å². The third-order valence-electron chi connectivity index (χ3n) is 5.45. The summed E-state index contributed by atoms with van der Waals surface area (Å²) >= 11 is 0. The number of amides is 1. The van der Waals surface area contributed by atoms with Crippen molar-refractivity contribution in [2.24, 2.45) is 10.9 Å². The highest BCUT2D eigenvalue weighted by molar-refractivity contribution is 6.04. The van der Waals surface area contributed by atoms with Crippen LogP contribution in [0.1, 0.15) is 54.4 Å². The number of aromatic nitrogens is 1. The summed E-state index contributed by atoms with van der Waals surface area (Å²) < 4.78 is 6.22. The van der Waals surface area contributed by atoms with E-state index < -0.39 is 5.91 Å². The van der Waals surface area contributed by atoms with Gasteiger partial charge in [0.25, 0.3) is 0 Å². The van der Waals surface area contributed by atoms with Gasteiger partial charge in [-0.05, 0) is 43.7 Å². The van der Waals surface area contributed by atoms with E-state index in [-0.39, 0.29) is 5.69 Å². The Morgan fingerprint density at radius 2 is 2.03 bits per heavy atom. The van der Waals surface area contributed by atoms with Crippen molar-refractivity contribution >= 4 is 23.5 Å². The van der Waals surface area contributed by atoms with Crippen molar-refractivity contribution in [1.82, 2.24) is 0 Å². The fourth-order valence-corrected chi connectivity index (χ4v) is 3.54. The normalized spacial score (nSPS) is 19.3. The molecule has 1 aliphatic rings. The lowest BCUT2D eigenvalue weighted by Gasteiger charge is -2.23. The van der Waals surface area contributed by atoms with Crippen molar-refractivity contribution in [3.05, 3.63) is 47.3 Å². The van der Waals surface area contributed by atoms with E-state index in [9.17, 15) is 10.0 Å². The number of methoxy groups -OCH3 is 1. The number of pyridine rings is 1. The third kappa shape index (κ3) is 4.85. The SMILES string of the molecule is COc1cc(N)c(C=NC2CCC(C)CC2)cc1NC(=O)c1cccc(C)[n+]1O. The highest BCUT2D eigenvalue weighted by Crippen LogP contribution is 2.30. The number of hydrogen-bond acceptors (Lipinski definition) is 5. The lowest BCUT2D eigenvalue weighted by Crippen LogP contribution is -2.42. The van der Waals surface area contributed by atoms with Crippen molar-refractivity contribution in [2.45, 2.75) is 45.6 Å². The molecular weight excluding hydrogens is 368 g/mol. The van der Waals surface area contributed by atoms with E-state index in [0.29, 0.717) is 28.9 Å². The molecule has 1 fully saturated rings. The lowest BCUT2D eigenvalue weighted by molar-refractivity contribution is -0.909. The average Bonchev–Trinajstić information content (AvgIpc) is 2.71. The molecule has 29 heavy (non-hydrogen) atoms. The Morgan fingerprint density at radius 3 is 2.72 bits per heavy atom. The maximum atomic E-state index is 12.7. The van der Waals surface area contributed by atoms with Gasteiger partial charge in [0.05, 0.1) is 12.8 Å². The molecule has 3 rings (SSSR count). The van der Waals surface area contributed by atoms with Crippen molar-refractivity contribution in [1.29, 1.82) is 0 Å². The van der Waals surface area contributed by atoms with Crippen LogP contribution in [0.15, 0.2) is 35.3 Å². The van der Waals surface area contributed by atoms with Crippen LogP contribution >= 0.6 is 0 Å². The summed E-state index contributed by atoms with van der Waals surface area (Å²) in [5, 5.41) is 12.9. The molecule has 1 aliphatic carbocycles. The van der Waals surface area contributed by atoms with E-state index >= 15 is 0 Å². The van der Waals surface area contributed by atoms with E-state index in [1.807, 2.05) is 0 Å². The Kier molecular flexibility index (Phi) is 6.36. The van der Waals surface area contributed by atoms with Gasteiger partial charge in [-0.25, -0.2) is 0 Å². The quantitative estimate of drug-likeness (QED) is 0.312. The summed E-state index contributed by atoms with van der Waals surface area (Å²) in [6, 6.07) is 8.69. The Hall–Kier alpha value is -3.09. The maximum Gasteiger partial charge on any atom is 0.325 e. The fourth-order valence-electron chi connectivity index (χ4n) is 3.54. The van der Waals surface area contributed by atoms with Gasteiger partial charge in [0.2, 0.25) is 5.69 Å². The van der Waals surface area contributed by atoms with Gasteiger partial charge in [-0.1, -0.05) is 6.92 Å². The predicted molar refractivity (Wildman–Crippen MR) is 113 cm³/mol. The van der Waals surface area contributed by atoms with Crippen molar-refractivity contribution in [3.8, 4) is 5.75 Å². The highest BCUT2D eigenvalue weighted by atomic mass is 16.5. The first kappa shape index (κ1) is 20.6. The van der Waals surface area contributed by atoms with Crippen LogP contribution in [0.4, 0.5) is 11.4 Å². The largest absolute Gasteiger partial charge is 0.494 e. The summed E-state index contributed by atoms with van der Waals surface area (Å²) in [6.45, 7) is 3.99.